The van der Waals surface area contributed by atoms with E-state index in [-0.39, 0.29) is 18.2 Å². The zero-order valence-corrected chi connectivity index (χ0v) is 14.7. The number of nitrogens with one attached hydrogen (secondary N) is 1. The highest BCUT2D eigenvalue weighted by molar-refractivity contribution is 5.98. The van der Waals surface area contributed by atoms with Crippen molar-refractivity contribution >= 4 is 17.5 Å². The molecule has 26 heavy (non-hydrogen) atoms. The van der Waals surface area contributed by atoms with Crippen LogP contribution >= 0.6 is 0 Å². The molecular formula is C17H22N6O3. The molecule has 1 aromatic carbocycles. The zero-order valence-electron chi connectivity index (χ0n) is 14.7. The van der Waals surface area contributed by atoms with Crippen LogP contribution in [0.3, 0.4) is 0 Å². The van der Waals surface area contributed by atoms with Gasteiger partial charge in [-0.25, -0.2) is 4.68 Å². The fourth-order valence-electron chi connectivity index (χ4n) is 2.93. The number of likely N-dealkylation sites (tertiary alicyclic amines) is 1. The maximum absolute atomic E-state index is 12.7. The van der Waals surface area contributed by atoms with E-state index >= 15 is 0 Å². The van der Waals surface area contributed by atoms with E-state index in [2.05, 4.69) is 20.8 Å². The summed E-state index contributed by atoms with van der Waals surface area (Å²) in [5.41, 5.74) is 1.03. The van der Waals surface area contributed by atoms with E-state index in [1.807, 2.05) is 4.90 Å². The molecule has 1 aliphatic heterocycles. The first kappa shape index (κ1) is 17.8. The normalized spacial score (nSPS) is 14.1. The van der Waals surface area contributed by atoms with Gasteiger partial charge < -0.3 is 15.0 Å². The summed E-state index contributed by atoms with van der Waals surface area (Å²) in [6.07, 6.45) is 4.88. The third-order valence-corrected chi connectivity index (χ3v) is 4.32. The summed E-state index contributed by atoms with van der Waals surface area (Å²) in [5.74, 6) is 0.286. The van der Waals surface area contributed by atoms with E-state index in [0.29, 0.717) is 23.5 Å². The average molecular weight is 358 g/mol. The molecule has 2 amide bonds. The molecule has 1 aromatic heterocycles. The Labute approximate surface area is 151 Å². The first-order chi connectivity index (χ1) is 12.7. The van der Waals surface area contributed by atoms with Gasteiger partial charge in [0.1, 0.15) is 12.1 Å². The summed E-state index contributed by atoms with van der Waals surface area (Å²) in [4.78, 5) is 26.7. The number of hydrogen-bond donors (Lipinski definition) is 1. The lowest BCUT2D eigenvalue weighted by molar-refractivity contribution is -0.116. The fraction of sp³-hybridized carbons (Fsp3) is 0.471. The molecule has 0 spiro atoms. The minimum absolute atomic E-state index is 0.0171. The van der Waals surface area contributed by atoms with E-state index in [1.165, 1.54) is 18.1 Å². The van der Waals surface area contributed by atoms with Gasteiger partial charge in [0.2, 0.25) is 5.91 Å². The van der Waals surface area contributed by atoms with E-state index < -0.39 is 0 Å². The van der Waals surface area contributed by atoms with Crippen molar-refractivity contribution in [3.8, 4) is 5.75 Å². The number of methoxy groups -OCH3 is 1. The Balaban J connectivity index is 1.68. The highest BCUT2D eigenvalue weighted by Crippen LogP contribution is 2.27. The molecule has 2 heterocycles. The van der Waals surface area contributed by atoms with Crippen LogP contribution in [0.2, 0.25) is 0 Å². The predicted molar refractivity (Wildman–Crippen MR) is 93.8 cm³/mol. The SMILES string of the molecule is COc1ccc(C(=O)N2CCCCC2)cc1NC(=O)CCn1cnnn1. The second kappa shape index (κ2) is 8.41. The molecule has 9 heteroatoms. The van der Waals surface area contributed by atoms with Crippen molar-refractivity contribution in [2.75, 3.05) is 25.5 Å². The lowest BCUT2D eigenvalue weighted by Gasteiger charge is -2.27. The number of hydrogen-bond acceptors (Lipinski definition) is 6. The highest BCUT2D eigenvalue weighted by Gasteiger charge is 2.20. The quantitative estimate of drug-likeness (QED) is 0.836. The van der Waals surface area contributed by atoms with Crippen molar-refractivity contribution in [2.45, 2.75) is 32.2 Å². The van der Waals surface area contributed by atoms with Crippen LogP contribution in [-0.2, 0) is 11.3 Å². The van der Waals surface area contributed by atoms with Gasteiger partial charge in [-0.1, -0.05) is 0 Å². The number of tetrazole rings is 1. The number of amides is 2. The summed E-state index contributed by atoms with van der Waals surface area (Å²) in [6.45, 7) is 1.92. The van der Waals surface area contributed by atoms with Gasteiger partial charge in [-0.2, -0.15) is 0 Å². The lowest BCUT2D eigenvalue weighted by Crippen LogP contribution is -2.35. The van der Waals surface area contributed by atoms with Crippen LogP contribution in [-0.4, -0.2) is 57.1 Å². The van der Waals surface area contributed by atoms with Gasteiger partial charge in [0, 0.05) is 25.1 Å². The summed E-state index contributed by atoms with van der Waals surface area (Å²) in [5, 5.41) is 13.6. The van der Waals surface area contributed by atoms with Crippen molar-refractivity contribution < 1.29 is 14.3 Å². The molecule has 3 rings (SSSR count). The van der Waals surface area contributed by atoms with Crippen molar-refractivity contribution in [2.24, 2.45) is 0 Å². The Hall–Kier alpha value is -2.97. The molecule has 0 bridgehead atoms. The number of ether oxygens (including phenoxy) is 1. The minimum atomic E-state index is -0.207. The summed E-state index contributed by atoms with van der Waals surface area (Å²) >= 11 is 0. The molecule has 2 aromatic rings. The molecule has 9 nitrogen and oxygen atoms in total. The smallest absolute Gasteiger partial charge is 0.253 e. The number of aryl methyl sites for hydroxylation is 1. The highest BCUT2D eigenvalue weighted by atomic mass is 16.5. The number of nitrogens with zero attached hydrogens (tertiary/aromatic N) is 5. The van der Waals surface area contributed by atoms with Crippen LogP contribution in [0.15, 0.2) is 24.5 Å². The number of carbonyl (C=O) groups is 2. The maximum atomic E-state index is 12.7. The number of carbonyl (C=O) groups excluding carboxylic acids is 2. The van der Waals surface area contributed by atoms with Crippen molar-refractivity contribution in [1.29, 1.82) is 0 Å². The Kier molecular flexibility index (Phi) is 5.77. The molecule has 0 atom stereocenters. The Morgan fingerprint density at radius 1 is 1.23 bits per heavy atom. The molecule has 1 N–H and O–H groups in total. The van der Waals surface area contributed by atoms with Crippen molar-refractivity contribution in [3.05, 3.63) is 30.1 Å². The van der Waals surface area contributed by atoms with Gasteiger partial charge in [-0.3, -0.25) is 9.59 Å². The third-order valence-electron chi connectivity index (χ3n) is 4.32. The number of rotatable bonds is 6. The van der Waals surface area contributed by atoms with Gasteiger partial charge in [0.05, 0.1) is 19.3 Å². The molecule has 1 aliphatic rings. The predicted octanol–water partition coefficient (Wildman–Crippen LogP) is 1.34. The van der Waals surface area contributed by atoms with Gasteiger partial charge in [-0.15, -0.1) is 5.10 Å². The molecule has 1 fully saturated rings. The van der Waals surface area contributed by atoms with Gasteiger partial charge in [0.15, 0.2) is 0 Å². The number of benzene rings is 1. The summed E-state index contributed by atoms with van der Waals surface area (Å²) in [7, 11) is 1.53. The third kappa shape index (κ3) is 4.35. The van der Waals surface area contributed by atoms with E-state index in [0.717, 1.165) is 32.4 Å². The van der Waals surface area contributed by atoms with Crippen molar-refractivity contribution in [1.82, 2.24) is 25.1 Å². The minimum Gasteiger partial charge on any atom is -0.495 e. The molecule has 1 saturated heterocycles. The second-order valence-corrected chi connectivity index (χ2v) is 6.14. The van der Waals surface area contributed by atoms with E-state index in [9.17, 15) is 9.59 Å². The Morgan fingerprint density at radius 3 is 2.73 bits per heavy atom. The standard InChI is InChI=1S/C17H22N6O3/c1-26-15-6-5-13(17(25)22-8-3-2-4-9-22)11-14(15)19-16(24)7-10-23-12-18-20-21-23/h5-6,11-12H,2-4,7-10H2,1H3,(H,19,24). The first-order valence-corrected chi connectivity index (χ1v) is 8.65. The summed E-state index contributed by atoms with van der Waals surface area (Å²) < 4.78 is 6.78. The van der Waals surface area contributed by atoms with Crippen LogP contribution in [0.25, 0.3) is 0 Å². The number of piperidine rings is 1. The molecular weight excluding hydrogens is 336 g/mol. The summed E-state index contributed by atoms with van der Waals surface area (Å²) in [6, 6.07) is 5.10. The molecule has 138 valence electrons. The van der Waals surface area contributed by atoms with Crippen LogP contribution in [0, 0.1) is 0 Å². The van der Waals surface area contributed by atoms with Crippen LogP contribution in [0.1, 0.15) is 36.0 Å². The van der Waals surface area contributed by atoms with E-state index in [1.54, 1.807) is 18.2 Å². The second-order valence-electron chi connectivity index (χ2n) is 6.14. The maximum Gasteiger partial charge on any atom is 0.253 e. The zero-order chi connectivity index (χ0) is 18.4. The Morgan fingerprint density at radius 2 is 2.04 bits per heavy atom. The van der Waals surface area contributed by atoms with Gasteiger partial charge >= 0.3 is 0 Å². The van der Waals surface area contributed by atoms with E-state index in [4.69, 9.17) is 4.74 Å². The first-order valence-electron chi connectivity index (χ1n) is 8.65. The topological polar surface area (TPSA) is 102 Å². The molecule has 0 radical (unpaired) electrons. The van der Waals surface area contributed by atoms with Crippen LogP contribution < -0.4 is 10.1 Å². The van der Waals surface area contributed by atoms with Crippen LogP contribution in [0.4, 0.5) is 5.69 Å². The monoisotopic (exact) mass is 358 g/mol. The van der Waals surface area contributed by atoms with Gasteiger partial charge in [-0.05, 0) is 47.9 Å². The fourth-order valence-corrected chi connectivity index (χ4v) is 2.93. The average Bonchev–Trinajstić information content (AvgIpc) is 3.20. The largest absolute Gasteiger partial charge is 0.495 e. The number of anilines is 1. The van der Waals surface area contributed by atoms with Gasteiger partial charge in [0.25, 0.3) is 5.91 Å². The lowest BCUT2D eigenvalue weighted by atomic mass is 10.1. The molecule has 0 unspecified atom stereocenters. The van der Waals surface area contributed by atoms with Crippen molar-refractivity contribution in [3.63, 3.8) is 0 Å². The Bertz CT molecular complexity index is 756. The molecule has 0 aliphatic carbocycles. The molecule has 0 saturated carbocycles. The number of aromatic nitrogens is 4. The van der Waals surface area contributed by atoms with Crippen LogP contribution in [0.5, 0.6) is 5.75 Å².